The minimum Gasteiger partial charge on any atom is -0.369 e. The first-order valence-corrected chi connectivity index (χ1v) is 3.77. The number of nitrogens with two attached hydrogens (primary N) is 2. The van der Waals surface area contributed by atoms with Crippen molar-refractivity contribution >= 4 is 17.8 Å². The predicted octanol–water partition coefficient (Wildman–Crippen LogP) is -2.43. The van der Waals surface area contributed by atoms with E-state index in [0.717, 1.165) is 0 Å². The molecule has 1 aliphatic heterocycles. The number of hydrogen-bond donors (Lipinski definition) is 4. The number of rotatable bonds is 1. The lowest BCUT2D eigenvalue weighted by Crippen LogP contribution is -2.45. The highest BCUT2D eigenvalue weighted by Crippen LogP contribution is 2.07. The van der Waals surface area contributed by atoms with Crippen LogP contribution < -0.4 is 22.3 Å². The molecule has 7 heteroatoms. The van der Waals surface area contributed by atoms with Gasteiger partial charge in [0.15, 0.2) is 0 Å². The Morgan fingerprint density at radius 1 is 1.62 bits per heavy atom. The highest BCUT2D eigenvalue weighted by molar-refractivity contribution is 6.01. The molecule has 1 fully saturated rings. The quantitative estimate of drug-likeness (QED) is 0.119. The normalized spacial score (nSPS) is 24.1. The third kappa shape index (κ3) is 2.41. The van der Waals surface area contributed by atoms with Crippen LogP contribution in [-0.4, -0.2) is 23.8 Å². The number of hydrazine groups is 1. The molecule has 0 aromatic rings. The lowest BCUT2D eigenvalue weighted by molar-refractivity contribution is -0.133. The van der Waals surface area contributed by atoms with Crippen molar-refractivity contribution in [2.24, 2.45) is 16.6 Å². The van der Waals surface area contributed by atoms with Crippen molar-refractivity contribution in [3.63, 3.8) is 0 Å². The summed E-state index contributed by atoms with van der Waals surface area (Å²) in [4.78, 5) is 25.6. The number of piperidine rings is 1. The van der Waals surface area contributed by atoms with Crippen molar-refractivity contribution < 1.29 is 9.59 Å². The molecular formula is C6H11N5O2. The second-order valence-electron chi connectivity index (χ2n) is 2.63. The summed E-state index contributed by atoms with van der Waals surface area (Å²) in [5.74, 6) is 4.22. The van der Waals surface area contributed by atoms with Gasteiger partial charge in [-0.2, -0.15) is 0 Å². The Bertz CT molecular complexity index is 262. The highest BCUT2D eigenvalue weighted by Gasteiger charge is 2.25. The molecule has 0 aromatic heterocycles. The van der Waals surface area contributed by atoms with E-state index in [1.807, 2.05) is 0 Å². The Balaban J connectivity index is 2.61. The molecule has 13 heavy (non-hydrogen) atoms. The van der Waals surface area contributed by atoms with Crippen LogP contribution in [0.4, 0.5) is 0 Å². The Morgan fingerprint density at radius 2 is 2.31 bits per heavy atom. The number of amides is 2. The van der Waals surface area contributed by atoms with Gasteiger partial charge in [0, 0.05) is 6.42 Å². The number of guanidine groups is 1. The summed E-state index contributed by atoms with van der Waals surface area (Å²) in [5.41, 5.74) is 7.36. The summed E-state index contributed by atoms with van der Waals surface area (Å²) in [7, 11) is 0. The van der Waals surface area contributed by atoms with E-state index in [0.29, 0.717) is 6.42 Å². The van der Waals surface area contributed by atoms with E-state index in [9.17, 15) is 9.59 Å². The maximum Gasteiger partial charge on any atom is 0.251 e. The topological polar surface area (TPSA) is 123 Å². The van der Waals surface area contributed by atoms with Crippen molar-refractivity contribution in [1.29, 1.82) is 0 Å². The zero-order valence-corrected chi connectivity index (χ0v) is 6.91. The standard InChI is InChI=1S/C6H11N5O2/c7-6(11-8)9-3-1-2-4(12)10-5(3)13/h3H,1-2,8H2,(H3,7,9,11)(H,10,12,13). The number of nitrogens with one attached hydrogen (secondary N) is 2. The SMILES string of the molecule is NNC(N)=NC1CCC(=O)NC1=O. The summed E-state index contributed by atoms with van der Waals surface area (Å²) in [6.45, 7) is 0. The van der Waals surface area contributed by atoms with Crippen LogP contribution in [-0.2, 0) is 9.59 Å². The van der Waals surface area contributed by atoms with Crippen molar-refractivity contribution in [3.8, 4) is 0 Å². The van der Waals surface area contributed by atoms with Gasteiger partial charge in [-0.05, 0) is 6.42 Å². The van der Waals surface area contributed by atoms with Crippen LogP contribution in [0.3, 0.4) is 0 Å². The summed E-state index contributed by atoms with van der Waals surface area (Å²) in [5, 5.41) is 2.15. The Labute approximate surface area is 74.5 Å². The van der Waals surface area contributed by atoms with Gasteiger partial charge in [0.1, 0.15) is 6.04 Å². The van der Waals surface area contributed by atoms with Crippen molar-refractivity contribution in [2.45, 2.75) is 18.9 Å². The molecule has 2 amide bonds. The molecule has 1 unspecified atom stereocenters. The maximum atomic E-state index is 11.1. The second-order valence-corrected chi connectivity index (χ2v) is 2.63. The molecule has 0 saturated carbocycles. The summed E-state index contributed by atoms with van der Waals surface area (Å²) in [6, 6.07) is -0.617. The Hall–Kier alpha value is -1.63. The highest BCUT2D eigenvalue weighted by atomic mass is 16.2. The van der Waals surface area contributed by atoms with Crippen molar-refractivity contribution in [3.05, 3.63) is 0 Å². The van der Waals surface area contributed by atoms with E-state index in [-0.39, 0.29) is 18.3 Å². The van der Waals surface area contributed by atoms with Crippen LogP contribution in [0.5, 0.6) is 0 Å². The first kappa shape index (κ1) is 9.46. The van der Waals surface area contributed by atoms with Gasteiger partial charge in [-0.15, -0.1) is 0 Å². The molecule has 72 valence electrons. The van der Waals surface area contributed by atoms with Gasteiger partial charge in [0.2, 0.25) is 11.9 Å². The Morgan fingerprint density at radius 3 is 2.85 bits per heavy atom. The zero-order valence-electron chi connectivity index (χ0n) is 6.91. The molecule has 7 nitrogen and oxygen atoms in total. The van der Waals surface area contributed by atoms with Gasteiger partial charge < -0.3 is 5.73 Å². The third-order valence-electron chi connectivity index (χ3n) is 1.65. The molecule has 0 aliphatic carbocycles. The molecule has 6 N–H and O–H groups in total. The van der Waals surface area contributed by atoms with Crippen LogP contribution in [0.15, 0.2) is 4.99 Å². The van der Waals surface area contributed by atoms with Gasteiger partial charge in [-0.25, -0.2) is 10.8 Å². The van der Waals surface area contributed by atoms with Crippen LogP contribution in [0.25, 0.3) is 0 Å². The minimum absolute atomic E-state index is 0.0190. The van der Waals surface area contributed by atoms with E-state index in [2.05, 4.69) is 15.7 Å². The molecule has 1 heterocycles. The predicted molar refractivity (Wildman–Crippen MR) is 45.1 cm³/mol. The van der Waals surface area contributed by atoms with E-state index in [1.165, 1.54) is 0 Å². The fraction of sp³-hybridized carbons (Fsp3) is 0.500. The van der Waals surface area contributed by atoms with Gasteiger partial charge in [0.25, 0.3) is 5.91 Å². The first-order chi connectivity index (χ1) is 6.13. The lowest BCUT2D eigenvalue weighted by atomic mass is 10.1. The fourth-order valence-electron chi connectivity index (χ4n) is 1.01. The molecule has 0 radical (unpaired) electrons. The van der Waals surface area contributed by atoms with Crippen LogP contribution in [0.1, 0.15) is 12.8 Å². The van der Waals surface area contributed by atoms with Crippen LogP contribution >= 0.6 is 0 Å². The fourth-order valence-corrected chi connectivity index (χ4v) is 1.01. The summed E-state index contributed by atoms with van der Waals surface area (Å²) in [6.07, 6.45) is 0.644. The second kappa shape index (κ2) is 3.85. The smallest absolute Gasteiger partial charge is 0.251 e. The molecule has 1 rings (SSSR count). The largest absolute Gasteiger partial charge is 0.369 e. The zero-order chi connectivity index (χ0) is 9.84. The summed E-state index contributed by atoms with van der Waals surface area (Å²) < 4.78 is 0. The molecule has 0 bridgehead atoms. The molecule has 1 saturated heterocycles. The third-order valence-corrected chi connectivity index (χ3v) is 1.65. The van der Waals surface area contributed by atoms with E-state index in [4.69, 9.17) is 11.6 Å². The van der Waals surface area contributed by atoms with Gasteiger partial charge in [-0.1, -0.05) is 0 Å². The average molecular weight is 185 g/mol. The number of carbonyl (C=O) groups excluding carboxylic acids is 2. The van der Waals surface area contributed by atoms with Gasteiger partial charge in [0.05, 0.1) is 0 Å². The molecule has 1 aliphatic rings. The number of carbonyl (C=O) groups is 2. The van der Waals surface area contributed by atoms with E-state index in [1.54, 1.807) is 0 Å². The van der Waals surface area contributed by atoms with Crippen molar-refractivity contribution in [2.75, 3.05) is 0 Å². The number of imide groups is 1. The van der Waals surface area contributed by atoms with Gasteiger partial charge >= 0.3 is 0 Å². The monoisotopic (exact) mass is 185 g/mol. The van der Waals surface area contributed by atoms with E-state index >= 15 is 0 Å². The van der Waals surface area contributed by atoms with Gasteiger partial charge in [-0.3, -0.25) is 20.3 Å². The number of aliphatic imine (C=N–C) groups is 1. The van der Waals surface area contributed by atoms with E-state index < -0.39 is 11.9 Å². The maximum absolute atomic E-state index is 11.1. The number of hydrogen-bond acceptors (Lipinski definition) is 4. The molecule has 0 spiro atoms. The summed E-state index contributed by atoms with van der Waals surface area (Å²) >= 11 is 0. The Kier molecular flexibility index (Phi) is 2.80. The molecular weight excluding hydrogens is 174 g/mol. The number of nitrogens with zero attached hydrogens (tertiary/aromatic N) is 1. The van der Waals surface area contributed by atoms with Crippen molar-refractivity contribution in [1.82, 2.24) is 10.7 Å². The van der Waals surface area contributed by atoms with Crippen LogP contribution in [0, 0.1) is 0 Å². The lowest BCUT2D eigenvalue weighted by Gasteiger charge is -2.17. The average Bonchev–Trinajstić information content (AvgIpc) is 2.09. The molecule has 1 atom stereocenters. The first-order valence-electron chi connectivity index (χ1n) is 3.77. The molecule has 0 aromatic carbocycles. The minimum atomic E-state index is -0.617. The van der Waals surface area contributed by atoms with Crippen LogP contribution in [0.2, 0.25) is 0 Å².